The Labute approximate surface area is 90.5 Å². The van der Waals surface area contributed by atoms with Gasteiger partial charge in [-0.25, -0.2) is 0 Å². The number of hydrogen-bond donors (Lipinski definition) is 1. The maximum Gasteiger partial charge on any atom is 0.261 e. The third-order valence-electron chi connectivity index (χ3n) is 1.66. The number of carbonyl (C=O) groups is 1. The van der Waals surface area contributed by atoms with Crippen LogP contribution in [0.15, 0.2) is 11.4 Å². The van der Waals surface area contributed by atoms with Gasteiger partial charge >= 0.3 is 0 Å². The lowest BCUT2D eigenvalue weighted by molar-refractivity contribution is 0.0957. The summed E-state index contributed by atoms with van der Waals surface area (Å²) in [4.78, 5) is 12.3. The zero-order valence-corrected chi connectivity index (χ0v) is 9.87. The largest absolute Gasteiger partial charge is 0.351 e. The number of rotatable bonds is 4. The summed E-state index contributed by atoms with van der Waals surface area (Å²) < 4.78 is 0. The van der Waals surface area contributed by atoms with Gasteiger partial charge in [0.25, 0.3) is 5.91 Å². The molecule has 13 heavy (non-hydrogen) atoms. The Morgan fingerprint density at radius 2 is 2.46 bits per heavy atom. The van der Waals surface area contributed by atoms with Gasteiger partial charge in [-0.15, -0.1) is 11.3 Å². The molecule has 0 aliphatic heterocycles. The molecule has 0 fully saturated rings. The Morgan fingerprint density at radius 3 is 3.00 bits per heavy atom. The number of alkyl halides is 1. The van der Waals surface area contributed by atoms with Crippen LogP contribution in [0.3, 0.4) is 0 Å². The van der Waals surface area contributed by atoms with Crippen molar-refractivity contribution < 1.29 is 4.79 Å². The van der Waals surface area contributed by atoms with Crippen molar-refractivity contribution in [2.24, 2.45) is 0 Å². The van der Waals surface area contributed by atoms with E-state index in [1.807, 2.05) is 18.4 Å². The number of amides is 1. The molecule has 1 aromatic heterocycles. The molecular weight excluding hydrogens is 250 g/mol. The minimum atomic E-state index is 0.0495. The van der Waals surface area contributed by atoms with Gasteiger partial charge in [-0.05, 0) is 30.4 Å². The smallest absolute Gasteiger partial charge is 0.261 e. The Kier molecular flexibility index (Phi) is 4.45. The molecule has 0 aliphatic rings. The minimum Gasteiger partial charge on any atom is -0.351 e. The quantitative estimate of drug-likeness (QED) is 0.655. The van der Waals surface area contributed by atoms with Gasteiger partial charge in [0, 0.05) is 11.9 Å². The van der Waals surface area contributed by atoms with Crippen LogP contribution in [-0.2, 0) is 0 Å². The van der Waals surface area contributed by atoms with Crippen molar-refractivity contribution in [1.82, 2.24) is 5.32 Å². The highest BCUT2D eigenvalue weighted by Gasteiger charge is 2.08. The third kappa shape index (κ3) is 3.12. The van der Waals surface area contributed by atoms with Crippen molar-refractivity contribution in [3.63, 3.8) is 0 Å². The van der Waals surface area contributed by atoms with Gasteiger partial charge in [-0.3, -0.25) is 4.79 Å². The van der Waals surface area contributed by atoms with Gasteiger partial charge in [0.05, 0.1) is 4.88 Å². The molecule has 0 unspecified atom stereocenters. The maximum atomic E-state index is 11.5. The molecule has 0 radical (unpaired) electrons. The van der Waals surface area contributed by atoms with E-state index in [1.165, 1.54) is 11.3 Å². The van der Waals surface area contributed by atoms with Crippen molar-refractivity contribution >= 4 is 33.2 Å². The summed E-state index contributed by atoms with van der Waals surface area (Å²) in [6, 6.07) is 1.96. The molecule has 0 atom stereocenters. The molecule has 1 N–H and O–H groups in total. The van der Waals surface area contributed by atoms with Crippen molar-refractivity contribution in [2.45, 2.75) is 13.3 Å². The van der Waals surface area contributed by atoms with Crippen molar-refractivity contribution in [1.29, 1.82) is 0 Å². The van der Waals surface area contributed by atoms with Crippen LogP contribution in [0, 0.1) is 6.92 Å². The van der Waals surface area contributed by atoms with Gasteiger partial charge in [-0.2, -0.15) is 0 Å². The van der Waals surface area contributed by atoms with Crippen LogP contribution in [0.25, 0.3) is 0 Å². The van der Waals surface area contributed by atoms with Crippen molar-refractivity contribution in [2.75, 3.05) is 11.9 Å². The summed E-state index contributed by atoms with van der Waals surface area (Å²) in [7, 11) is 0. The first-order valence-corrected chi connectivity index (χ1v) is 6.14. The van der Waals surface area contributed by atoms with Crippen LogP contribution >= 0.6 is 27.3 Å². The molecule has 0 spiro atoms. The second kappa shape index (κ2) is 5.40. The summed E-state index contributed by atoms with van der Waals surface area (Å²) in [6.45, 7) is 2.69. The van der Waals surface area contributed by atoms with E-state index in [0.717, 1.165) is 28.7 Å². The Balaban J connectivity index is 2.45. The number of nitrogens with one attached hydrogen (secondary N) is 1. The fraction of sp³-hybridized carbons (Fsp3) is 0.444. The molecule has 0 aromatic carbocycles. The first-order valence-electron chi connectivity index (χ1n) is 4.14. The molecule has 0 aliphatic carbocycles. The standard InChI is InChI=1S/C9H12BrNOS/c1-7-3-6-13-8(7)9(12)11-5-2-4-10/h3,6H,2,4-5H2,1H3,(H,11,12). The summed E-state index contributed by atoms with van der Waals surface area (Å²) in [6.07, 6.45) is 0.968. The van der Waals surface area contributed by atoms with E-state index in [9.17, 15) is 4.79 Å². The number of thiophene rings is 1. The lowest BCUT2D eigenvalue weighted by Gasteiger charge is -2.02. The topological polar surface area (TPSA) is 29.1 Å². The van der Waals surface area contributed by atoms with Gasteiger partial charge in [-0.1, -0.05) is 15.9 Å². The van der Waals surface area contributed by atoms with Crippen LogP contribution < -0.4 is 5.32 Å². The van der Waals surface area contributed by atoms with E-state index in [1.54, 1.807) is 0 Å². The molecule has 0 bridgehead atoms. The van der Waals surface area contributed by atoms with Crippen LogP contribution in [0.2, 0.25) is 0 Å². The summed E-state index contributed by atoms with van der Waals surface area (Å²) in [5.41, 5.74) is 1.06. The average molecular weight is 262 g/mol. The number of hydrogen-bond acceptors (Lipinski definition) is 2. The molecule has 1 aromatic rings. The van der Waals surface area contributed by atoms with Crippen LogP contribution in [0.1, 0.15) is 21.7 Å². The maximum absolute atomic E-state index is 11.5. The highest BCUT2D eigenvalue weighted by molar-refractivity contribution is 9.09. The van der Waals surface area contributed by atoms with E-state index in [-0.39, 0.29) is 5.91 Å². The minimum absolute atomic E-state index is 0.0495. The molecule has 1 amide bonds. The van der Waals surface area contributed by atoms with Gasteiger partial charge in [0.2, 0.25) is 0 Å². The highest BCUT2D eigenvalue weighted by Crippen LogP contribution is 2.14. The fourth-order valence-corrected chi connectivity index (χ4v) is 2.08. The second-order valence-corrected chi connectivity index (χ2v) is 4.44. The molecule has 72 valence electrons. The first-order chi connectivity index (χ1) is 6.25. The average Bonchev–Trinajstić information content (AvgIpc) is 2.52. The Hall–Kier alpha value is -0.350. The zero-order chi connectivity index (χ0) is 9.68. The van der Waals surface area contributed by atoms with Gasteiger partial charge in [0.1, 0.15) is 0 Å². The lowest BCUT2D eigenvalue weighted by Crippen LogP contribution is -2.24. The Morgan fingerprint density at radius 1 is 1.69 bits per heavy atom. The zero-order valence-electron chi connectivity index (χ0n) is 7.47. The molecule has 1 heterocycles. The Bertz CT molecular complexity index is 285. The lowest BCUT2D eigenvalue weighted by atomic mass is 10.3. The molecule has 2 nitrogen and oxygen atoms in total. The van der Waals surface area contributed by atoms with Crippen molar-refractivity contribution in [3.05, 3.63) is 21.9 Å². The van der Waals surface area contributed by atoms with E-state index in [4.69, 9.17) is 0 Å². The first kappa shape index (κ1) is 10.7. The summed E-state index contributed by atoms with van der Waals surface area (Å²) >= 11 is 4.81. The van der Waals surface area contributed by atoms with Gasteiger partial charge in [0.15, 0.2) is 0 Å². The van der Waals surface area contributed by atoms with Crippen molar-refractivity contribution in [3.8, 4) is 0 Å². The van der Waals surface area contributed by atoms with Gasteiger partial charge < -0.3 is 5.32 Å². The number of aryl methyl sites for hydroxylation is 1. The molecule has 0 saturated heterocycles. The highest BCUT2D eigenvalue weighted by atomic mass is 79.9. The normalized spacial score (nSPS) is 10.0. The molecule has 0 saturated carbocycles. The number of carbonyl (C=O) groups excluding carboxylic acids is 1. The van der Waals surface area contributed by atoms with E-state index in [2.05, 4.69) is 21.2 Å². The SMILES string of the molecule is Cc1ccsc1C(=O)NCCCBr. The molecular formula is C9H12BrNOS. The predicted octanol–water partition coefficient (Wildman–Crippen LogP) is 2.57. The summed E-state index contributed by atoms with van der Waals surface area (Å²) in [5, 5.41) is 5.73. The van der Waals surface area contributed by atoms with Crippen LogP contribution in [0.4, 0.5) is 0 Å². The van der Waals surface area contributed by atoms with Crippen LogP contribution in [0.5, 0.6) is 0 Å². The van der Waals surface area contributed by atoms with E-state index < -0.39 is 0 Å². The number of halogens is 1. The second-order valence-electron chi connectivity index (χ2n) is 2.73. The predicted molar refractivity (Wildman–Crippen MR) is 59.8 cm³/mol. The molecule has 1 rings (SSSR count). The van der Waals surface area contributed by atoms with Crippen LogP contribution in [-0.4, -0.2) is 17.8 Å². The molecule has 4 heteroatoms. The summed E-state index contributed by atoms with van der Waals surface area (Å²) in [5.74, 6) is 0.0495. The van der Waals surface area contributed by atoms with E-state index in [0.29, 0.717) is 0 Å². The van der Waals surface area contributed by atoms with E-state index >= 15 is 0 Å². The fourth-order valence-electron chi connectivity index (χ4n) is 0.954. The monoisotopic (exact) mass is 261 g/mol. The third-order valence-corrected chi connectivity index (χ3v) is 3.24.